The molecule has 0 heterocycles. The summed E-state index contributed by atoms with van der Waals surface area (Å²) in [5.41, 5.74) is 2.41. The Morgan fingerprint density at radius 2 is 1.65 bits per heavy atom. The van der Waals surface area contributed by atoms with Gasteiger partial charge in [0.25, 0.3) is 0 Å². The smallest absolute Gasteiger partial charge is 0.330 e. The van der Waals surface area contributed by atoms with E-state index in [1.54, 1.807) is 0 Å². The lowest BCUT2D eigenvalue weighted by atomic mass is 9.93. The monoisotopic (exact) mass is 266 g/mol. The fourth-order valence-corrected chi connectivity index (χ4v) is 2.14. The van der Waals surface area contributed by atoms with Crippen molar-refractivity contribution in [3.05, 3.63) is 84.4 Å². The molecule has 2 rings (SSSR count). The lowest BCUT2D eigenvalue weighted by Crippen LogP contribution is -2.13. The van der Waals surface area contributed by atoms with Gasteiger partial charge in [-0.15, -0.1) is 0 Å². The molecule has 0 N–H and O–H groups in total. The minimum absolute atomic E-state index is 0.155. The second-order valence-electron chi connectivity index (χ2n) is 4.63. The van der Waals surface area contributed by atoms with Crippen LogP contribution in [0.3, 0.4) is 0 Å². The summed E-state index contributed by atoms with van der Waals surface area (Å²) in [5.74, 6) is -0.221. The third-order valence-corrected chi connectivity index (χ3v) is 3.19. The van der Waals surface area contributed by atoms with Gasteiger partial charge < -0.3 is 4.74 Å². The molecule has 0 aliphatic heterocycles. The third kappa shape index (κ3) is 4.09. The van der Waals surface area contributed by atoms with Crippen LogP contribution in [-0.2, 0) is 16.0 Å². The van der Waals surface area contributed by atoms with Gasteiger partial charge in [-0.1, -0.05) is 67.2 Å². The number of carbonyl (C=O) groups is 1. The van der Waals surface area contributed by atoms with Gasteiger partial charge in [0.05, 0.1) is 6.61 Å². The molecule has 0 saturated carbocycles. The molecule has 0 saturated heterocycles. The predicted molar refractivity (Wildman–Crippen MR) is 80.5 cm³/mol. The second kappa shape index (κ2) is 7.29. The van der Waals surface area contributed by atoms with Crippen LogP contribution in [0.2, 0.25) is 0 Å². The van der Waals surface area contributed by atoms with Crippen molar-refractivity contribution in [2.45, 2.75) is 12.3 Å². The van der Waals surface area contributed by atoms with Crippen molar-refractivity contribution in [1.29, 1.82) is 0 Å². The Labute approximate surface area is 119 Å². The van der Waals surface area contributed by atoms with Crippen molar-refractivity contribution in [3.8, 4) is 0 Å². The Morgan fingerprint density at radius 1 is 1.05 bits per heavy atom. The summed E-state index contributed by atoms with van der Waals surface area (Å²) in [7, 11) is 0. The highest BCUT2D eigenvalue weighted by Gasteiger charge is 2.14. The molecule has 2 aromatic rings. The first kappa shape index (κ1) is 14.1. The van der Waals surface area contributed by atoms with Gasteiger partial charge in [0.15, 0.2) is 0 Å². The topological polar surface area (TPSA) is 26.3 Å². The van der Waals surface area contributed by atoms with Crippen LogP contribution in [0.4, 0.5) is 0 Å². The van der Waals surface area contributed by atoms with Gasteiger partial charge in [-0.05, 0) is 17.5 Å². The predicted octanol–water partition coefficient (Wildman–Crippen LogP) is 3.74. The summed E-state index contributed by atoms with van der Waals surface area (Å²) in [4.78, 5) is 11.3. The molecule has 102 valence electrons. The number of hydrogen-bond acceptors (Lipinski definition) is 2. The molecule has 1 atom stereocenters. The van der Waals surface area contributed by atoms with Gasteiger partial charge >= 0.3 is 5.97 Å². The van der Waals surface area contributed by atoms with Crippen LogP contribution in [0.25, 0.3) is 0 Å². The van der Waals surface area contributed by atoms with Crippen LogP contribution in [-0.4, -0.2) is 12.6 Å². The first-order valence-electron chi connectivity index (χ1n) is 6.67. The maximum Gasteiger partial charge on any atom is 0.330 e. The van der Waals surface area contributed by atoms with E-state index in [4.69, 9.17) is 4.74 Å². The third-order valence-electron chi connectivity index (χ3n) is 3.19. The summed E-state index contributed by atoms with van der Waals surface area (Å²) >= 11 is 0. The molecule has 0 amide bonds. The highest BCUT2D eigenvalue weighted by atomic mass is 16.5. The van der Waals surface area contributed by atoms with Gasteiger partial charge in [0.2, 0.25) is 0 Å². The van der Waals surface area contributed by atoms with E-state index in [9.17, 15) is 4.79 Å². The van der Waals surface area contributed by atoms with Crippen LogP contribution in [0.1, 0.15) is 17.0 Å². The number of carbonyl (C=O) groups excluding carboxylic acids is 1. The molecule has 0 aliphatic carbocycles. The lowest BCUT2D eigenvalue weighted by molar-refractivity contribution is -0.138. The SMILES string of the molecule is C=CC(=O)OCC(Cc1ccccc1)c1ccccc1. The normalized spacial score (nSPS) is 11.6. The summed E-state index contributed by atoms with van der Waals surface area (Å²) in [5, 5.41) is 0. The molecule has 0 aromatic heterocycles. The van der Waals surface area contributed by atoms with Crippen molar-refractivity contribution in [2.24, 2.45) is 0 Å². The molecule has 20 heavy (non-hydrogen) atoms. The van der Waals surface area contributed by atoms with E-state index in [1.807, 2.05) is 36.4 Å². The maximum absolute atomic E-state index is 11.3. The Bertz CT molecular complexity index is 546. The quantitative estimate of drug-likeness (QED) is 0.588. The van der Waals surface area contributed by atoms with Gasteiger partial charge in [-0.2, -0.15) is 0 Å². The highest BCUT2D eigenvalue weighted by molar-refractivity contribution is 5.81. The van der Waals surface area contributed by atoms with E-state index in [-0.39, 0.29) is 11.9 Å². The largest absolute Gasteiger partial charge is 0.462 e. The summed E-state index contributed by atoms with van der Waals surface area (Å²) < 4.78 is 5.22. The number of benzene rings is 2. The molecule has 0 fully saturated rings. The molecule has 2 aromatic carbocycles. The molecule has 2 heteroatoms. The number of rotatable bonds is 6. The number of hydrogen-bond donors (Lipinski definition) is 0. The molecule has 0 aliphatic rings. The number of esters is 1. The Kier molecular flexibility index (Phi) is 5.13. The zero-order valence-corrected chi connectivity index (χ0v) is 11.4. The Balaban J connectivity index is 2.12. The van der Waals surface area contributed by atoms with Crippen LogP contribution in [0.5, 0.6) is 0 Å². The second-order valence-corrected chi connectivity index (χ2v) is 4.63. The van der Waals surface area contributed by atoms with Crippen LogP contribution < -0.4 is 0 Å². The molecular formula is C18H18O2. The van der Waals surface area contributed by atoms with Gasteiger partial charge in [0, 0.05) is 12.0 Å². The fraction of sp³-hybridized carbons (Fsp3) is 0.167. The van der Waals surface area contributed by atoms with E-state index in [0.717, 1.165) is 6.42 Å². The molecule has 0 radical (unpaired) electrons. The lowest BCUT2D eigenvalue weighted by Gasteiger charge is -2.17. The van der Waals surface area contributed by atoms with E-state index in [1.165, 1.54) is 17.2 Å². The molecule has 1 unspecified atom stereocenters. The Hall–Kier alpha value is -2.35. The van der Waals surface area contributed by atoms with Gasteiger partial charge in [-0.25, -0.2) is 4.79 Å². The van der Waals surface area contributed by atoms with Gasteiger partial charge in [-0.3, -0.25) is 0 Å². The van der Waals surface area contributed by atoms with E-state index >= 15 is 0 Å². The zero-order valence-electron chi connectivity index (χ0n) is 11.4. The summed E-state index contributed by atoms with van der Waals surface area (Å²) in [6.07, 6.45) is 2.04. The molecular weight excluding hydrogens is 248 g/mol. The molecule has 0 bridgehead atoms. The number of ether oxygens (including phenoxy) is 1. The Morgan fingerprint density at radius 3 is 2.25 bits per heavy atom. The standard InChI is InChI=1S/C18H18O2/c1-2-18(19)20-14-17(16-11-7-4-8-12-16)13-15-9-5-3-6-10-15/h2-12,17H,1,13-14H2. The maximum atomic E-state index is 11.3. The van der Waals surface area contributed by atoms with Gasteiger partial charge in [0.1, 0.15) is 0 Å². The first-order valence-corrected chi connectivity index (χ1v) is 6.67. The van der Waals surface area contributed by atoms with Crippen LogP contribution >= 0.6 is 0 Å². The highest BCUT2D eigenvalue weighted by Crippen LogP contribution is 2.21. The summed E-state index contributed by atoms with van der Waals surface area (Å²) in [6.45, 7) is 3.79. The summed E-state index contributed by atoms with van der Waals surface area (Å²) in [6, 6.07) is 20.3. The van der Waals surface area contributed by atoms with E-state index in [2.05, 4.69) is 30.8 Å². The van der Waals surface area contributed by atoms with Crippen LogP contribution in [0.15, 0.2) is 73.3 Å². The van der Waals surface area contributed by atoms with E-state index in [0.29, 0.717) is 6.61 Å². The van der Waals surface area contributed by atoms with E-state index < -0.39 is 0 Å². The minimum atomic E-state index is -0.376. The van der Waals surface area contributed by atoms with Crippen molar-refractivity contribution in [1.82, 2.24) is 0 Å². The fourth-order valence-electron chi connectivity index (χ4n) is 2.14. The van der Waals surface area contributed by atoms with Crippen molar-refractivity contribution in [2.75, 3.05) is 6.61 Å². The minimum Gasteiger partial charge on any atom is -0.462 e. The molecule has 0 spiro atoms. The molecule has 2 nitrogen and oxygen atoms in total. The average molecular weight is 266 g/mol. The van der Waals surface area contributed by atoms with Crippen molar-refractivity contribution in [3.63, 3.8) is 0 Å². The first-order chi connectivity index (χ1) is 9.79. The average Bonchev–Trinajstić information content (AvgIpc) is 2.53. The zero-order chi connectivity index (χ0) is 14.2. The van der Waals surface area contributed by atoms with Crippen LogP contribution in [0, 0.1) is 0 Å². The van der Waals surface area contributed by atoms with Crippen molar-refractivity contribution < 1.29 is 9.53 Å². The van der Waals surface area contributed by atoms with Crippen molar-refractivity contribution >= 4 is 5.97 Å².